The number of hydrogen-bond acceptors (Lipinski definition) is 4. The highest BCUT2D eigenvalue weighted by Crippen LogP contribution is 2.30. The van der Waals surface area contributed by atoms with Gasteiger partial charge in [-0.2, -0.15) is 18.4 Å². The zero-order valence-electron chi connectivity index (χ0n) is 9.83. The summed E-state index contributed by atoms with van der Waals surface area (Å²) in [7, 11) is 0. The Hall–Kier alpha value is -1.59. The van der Waals surface area contributed by atoms with Crippen molar-refractivity contribution in [3.05, 3.63) is 44.2 Å². The van der Waals surface area contributed by atoms with Crippen LogP contribution in [0.4, 0.5) is 19.0 Å². The maximum absolute atomic E-state index is 12.6. The van der Waals surface area contributed by atoms with Crippen LogP contribution in [0.3, 0.4) is 0 Å². The lowest BCUT2D eigenvalue weighted by molar-refractivity contribution is -0.141. The van der Waals surface area contributed by atoms with Gasteiger partial charge in [-0.1, -0.05) is 0 Å². The van der Waals surface area contributed by atoms with Crippen LogP contribution in [0.5, 0.6) is 0 Å². The quantitative estimate of drug-likeness (QED) is 0.880. The molecule has 0 amide bonds. The van der Waals surface area contributed by atoms with Crippen molar-refractivity contribution in [2.75, 3.05) is 5.32 Å². The highest BCUT2D eigenvalue weighted by Gasteiger charge is 2.33. The fourth-order valence-corrected chi connectivity index (χ4v) is 2.89. The highest BCUT2D eigenvalue weighted by molar-refractivity contribution is 9.10. The fraction of sp³-hybridized carbons (Fsp3) is 0.167. The molecule has 3 nitrogen and oxygen atoms in total. The molecule has 2 aromatic heterocycles. The van der Waals surface area contributed by atoms with Crippen molar-refractivity contribution in [2.24, 2.45) is 0 Å². The number of rotatable bonds is 3. The molecule has 0 aliphatic carbocycles. The molecule has 0 saturated carbocycles. The van der Waals surface area contributed by atoms with Crippen molar-refractivity contribution >= 4 is 33.1 Å². The van der Waals surface area contributed by atoms with E-state index in [4.69, 9.17) is 5.26 Å². The summed E-state index contributed by atoms with van der Waals surface area (Å²) < 4.78 is 38.7. The second kappa shape index (κ2) is 5.81. The molecule has 104 valence electrons. The first-order chi connectivity index (χ1) is 9.41. The lowest BCUT2D eigenvalue weighted by Crippen LogP contribution is -2.11. The molecule has 0 spiro atoms. The number of thiophene rings is 1. The van der Waals surface area contributed by atoms with Gasteiger partial charge in [0.2, 0.25) is 0 Å². The van der Waals surface area contributed by atoms with Crippen molar-refractivity contribution < 1.29 is 13.2 Å². The first kappa shape index (κ1) is 14.8. The lowest BCUT2D eigenvalue weighted by atomic mass is 10.2. The molecule has 0 unspecified atom stereocenters. The maximum Gasteiger partial charge on any atom is 0.433 e. The van der Waals surface area contributed by atoms with Gasteiger partial charge in [0.15, 0.2) is 0 Å². The van der Waals surface area contributed by atoms with E-state index in [2.05, 4.69) is 26.2 Å². The minimum atomic E-state index is -4.53. The summed E-state index contributed by atoms with van der Waals surface area (Å²) in [5, 5.41) is 13.5. The Morgan fingerprint density at radius 2 is 2.10 bits per heavy atom. The largest absolute Gasteiger partial charge is 0.433 e. The third-order valence-corrected chi connectivity index (χ3v) is 4.34. The van der Waals surface area contributed by atoms with Crippen LogP contribution < -0.4 is 5.32 Å². The summed E-state index contributed by atoms with van der Waals surface area (Å²) in [5.74, 6) is -0.0670. The van der Waals surface area contributed by atoms with E-state index in [-0.39, 0.29) is 11.4 Å². The summed E-state index contributed by atoms with van der Waals surface area (Å²) in [5.41, 5.74) is -0.949. The van der Waals surface area contributed by atoms with Gasteiger partial charge in [-0.15, -0.1) is 11.3 Å². The summed E-state index contributed by atoms with van der Waals surface area (Å²) in [6.45, 7) is 0.293. The monoisotopic (exact) mass is 361 g/mol. The molecule has 0 aromatic carbocycles. The van der Waals surface area contributed by atoms with Crippen LogP contribution in [0.15, 0.2) is 28.1 Å². The first-order valence-corrected chi connectivity index (χ1v) is 7.03. The molecular formula is C12H7BrF3N3S. The number of pyridine rings is 1. The molecule has 0 atom stereocenters. The standard InChI is InChI=1S/C12H7BrF3N3S/c13-8-3-4-20-9(8)6-18-11-7(5-17)1-2-10(19-11)12(14,15)16/h1-4H,6H2,(H,18,19). The Balaban J connectivity index is 2.26. The third kappa shape index (κ3) is 3.29. The van der Waals surface area contributed by atoms with Gasteiger partial charge in [-0.25, -0.2) is 4.98 Å². The number of anilines is 1. The van der Waals surface area contributed by atoms with E-state index in [0.29, 0.717) is 6.54 Å². The zero-order valence-corrected chi connectivity index (χ0v) is 12.2. The first-order valence-electron chi connectivity index (χ1n) is 5.36. The van der Waals surface area contributed by atoms with Gasteiger partial charge < -0.3 is 5.32 Å². The van der Waals surface area contributed by atoms with Gasteiger partial charge in [0, 0.05) is 9.35 Å². The predicted octanol–water partition coefficient (Wildman–Crippen LogP) is 4.41. The molecule has 2 heterocycles. The molecule has 0 aliphatic heterocycles. The van der Waals surface area contributed by atoms with E-state index in [0.717, 1.165) is 21.5 Å². The van der Waals surface area contributed by atoms with Crippen molar-refractivity contribution in [2.45, 2.75) is 12.7 Å². The molecule has 0 fully saturated rings. The maximum atomic E-state index is 12.6. The van der Waals surface area contributed by atoms with Crippen LogP contribution in [0.25, 0.3) is 0 Å². The molecule has 2 rings (SSSR count). The summed E-state index contributed by atoms with van der Waals surface area (Å²) in [6.07, 6.45) is -4.53. The molecule has 20 heavy (non-hydrogen) atoms. The smallest absolute Gasteiger partial charge is 0.364 e. The summed E-state index contributed by atoms with van der Waals surface area (Å²) >= 11 is 4.78. The molecule has 1 N–H and O–H groups in total. The van der Waals surface area contributed by atoms with E-state index in [1.807, 2.05) is 17.5 Å². The number of nitriles is 1. The normalized spacial score (nSPS) is 11.2. The number of hydrogen-bond donors (Lipinski definition) is 1. The molecule has 2 aromatic rings. The van der Waals surface area contributed by atoms with Gasteiger partial charge in [0.05, 0.1) is 12.1 Å². The van der Waals surface area contributed by atoms with E-state index < -0.39 is 11.9 Å². The Bertz CT molecular complexity index is 661. The van der Waals surface area contributed by atoms with Crippen LogP contribution in [0.1, 0.15) is 16.1 Å². The van der Waals surface area contributed by atoms with E-state index >= 15 is 0 Å². The Labute approximate surface area is 125 Å². The van der Waals surface area contributed by atoms with Gasteiger partial charge in [-0.05, 0) is 39.5 Å². The topological polar surface area (TPSA) is 48.7 Å². The molecule has 0 bridgehead atoms. The molecule has 8 heteroatoms. The van der Waals surface area contributed by atoms with Crippen LogP contribution in [0.2, 0.25) is 0 Å². The van der Waals surface area contributed by atoms with Crippen LogP contribution in [-0.4, -0.2) is 4.98 Å². The minimum absolute atomic E-state index is 0.0670. The number of nitrogens with one attached hydrogen (secondary N) is 1. The SMILES string of the molecule is N#Cc1ccc(C(F)(F)F)nc1NCc1sccc1Br. The Morgan fingerprint density at radius 3 is 2.65 bits per heavy atom. The number of alkyl halides is 3. The average molecular weight is 362 g/mol. The fourth-order valence-electron chi connectivity index (χ4n) is 1.46. The molecule has 0 saturated heterocycles. The summed E-state index contributed by atoms with van der Waals surface area (Å²) in [6, 6.07) is 5.57. The van der Waals surface area contributed by atoms with Gasteiger partial charge in [0.1, 0.15) is 17.6 Å². The average Bonchev–Trinajstić information content (AvgIpc) is 2.80. The van der Waals surface area contributed by atoms with Crippen LogP contribution >= 0.6 is 27.3 Å². The second-order valence-corrected chi connectivity index (χ2v) is 5.60. The van der Waals surface area contributed by atoms with Gasteiger partial charge in [-0.3, -0.25) is 0 Å². The van der Waals surface area contributed by atoms with Gasteiger partial charge >= 0.3 is 6.18 Å². The summed E-state index contributed by atoms with van der Waals surface area (Å²) in [4.78, 5) is 4.38. The van der Waals surface area contributed by atoms with Crippen LogP contribution in [-0.2, 0) is 12.7 Å². The van der Waals surface area contributed by atoms with E-state index in [1.54, 1.807) is 0 Å². The highest BCUT2D eigenvalue weighted by atomic mass is 79.9. The van der Waals surface area contributed by atoms with Crippen LogP contribution in [0, 0.1) is 11.3 Å². The van der Waals surface area contributed by atoms with Crippen molar-refractivity contribution in [1.29, 1.82) is 5.26 Å². The van der Waals surface area contributed by atoms with Gasteiger partial charge in [0.25, 0.3) is 0 Å². The number of nitrogens with zero attached hydrogens (tertiary/aromatic N) is 2. The van der Waals surface area contributed by atoms with Crippen molar-refractivity contribution in [3.63, 3.8) is 0 Å². The number of aromatic nitrogens is 1. The van der Waals surface area contributed by atoms with Crippen molar-refractivity contribution in [3.8, 4) is 6.07 Å². The van der Waals surface area contributed by atoms with E-state index in [9.17, 15) is 13.2 Å². The second-order valence-electron chi connectivity index (χ2n) is 3.75. The molecule has 0 radical (unpaired) electrons. The van der Waals surface area contributed by atoms with E-state index in [1.165, 1.54) is 11.3 Å². The number of halogens is 4. The zero-order chi connectivity index (χ0) is 14.8. The lowest BCUT2D eigenvalue weighted by Gasteiger charge is -2.10. The minimum Gasteiger partial charge on any atom is -0.364 e. The molecular weight excluding hydrogens is 355 g/mol. The predicted molar refractivity (Wildman–Crippen MR) is 73.3 cm³/mol. The molecule has 0 aliphatic rings. The van der Waals surface area contributed by atoms with Crippen molar-refractivity contribution in [1.82, 2.24) is 4.98 Å². The third-order valence-electron chi connectivity index (χ3n) is 2.41. The Kier molecular flexibility index (Phi) is 4.30. The Morgan fingerprint density at radius 1 is 1.35 bits per heavy atom.